The van der Waals surface area contributed by atoms with E-state index in [9.17, 15) is 19.2 Å². The van der Waals surface area contributed by atoms with E-state index in [1.807, 2.05) is 12.1 Å². The third kappa shape index (κ3) is 5.24. The predicted molar refractivity (Wildman–Crippen MR) is 172 cm³/mol. The molecule has 0 atom stereocenters. The molecule has 222 valence electrons. The fourth-order valence-electron chi connectivity index (χ4n) is 5.04. The lowest BCUT2D eigenvalue weighted by atomic mass is 10.1. The van der Waals surface area contributed by atoms with Crippen LogP contribution in [0.15, 0.2) is 152 Å². The van der Waals surface area contributed by atoms with E-state index in [-0.39, 0.29) is 44.9 Å². The average molecular weight is 607 g/mol. The van der Waals surface area contributed by atoms with Gasteiger partial charge in [0.1, 0.15) is 11.2 Å². The van der Waals surface area contributed by atoms with Gasteiger partial charge in [-0.15, -0.1) is 0 Å². The minimum atomic E-state index is -0.832. The van der Waals surface area contributed by atoms with Crippen molar-refractivity contribution < 1.29 is 27.9 Å². The summed E-state index contributed by atoms with van der Waals surface area (Å²) < 4.78 is 23.3. The van der Waals surface area contributed by atoms with Crippen molar-refractivity contribution in [2.75, 3.05) is 0 Å². The lowest BCUT2D eigenvalue weighted by Gasteiger charge is -2.11. The third-order valence-corrected chi connectivity index (χ3v) is 7.33. The second-order valence-electron chi connectivity index (χ2n) is 10.3. The second kappa shape index (κ2) is 11.9. The molecule has 0 unspecified atom stereocenters. The maximum atomic E-state index is 13.4. The molecule has 0 aliphatic rings. The van der Waals surface area contributed by atoms with Crippen LogP contribution >= 0.6 is 0 Å². The number of carbonyl (C=O) groups is 2. The Morgan fingerprint density at radius 1 is 0.435 bits per heavy atom. The zero-order chi connectivity index (χ0) is 31.6. The fourth-order valence-corrected chi connectivity index (χ4v) is 5.04. The van der Waals surface area contributed by atoms with Crippen LogP contribution in [-0.2, 0) is 0 Å². The molecule has 46 heavy (non-hydrogen) atoms. The van der Waals surface area contributed by atoms with Crippen LogP contribution in [0.4, 0.5) is 0 Å². The lowest BCUT2D eigenvalue weighted by Crippen LogP contribution is -2.18. The van der Waals surface area contributed by atoms with Gasteiger partial charge in [-0.3, -0.25) is 9.59 Å². The van der Waals surface area contributed by atoms with Crippen LogP contribution in [0, 0.1) is 0 Å². The molecule has 2 aromatic heterocycles. The summed E-state index contributed by atoms with van der Waals surface area (Å²) in [7, 11) is 0. The Morgan fingerprint density at radius 3 is 1.17 bits per heavy atom. The zero-order valence-electron chi connectivity index (χ0n) is 24.0. The highest BCUT2D eigenvalue weighted by atomic mass is 16.5. The maximum Gasteiger partial charge on any atom is 0.343 e. The Hall–Kier alpha value is -6.54. The Morgan fingerprint density at radius 2 is 0.783 bits per heavy atom. The van der Waals surface area contributed by atoms with Gasteiger partial charge in [0.25, 0.3) is 0 Å². The van der Waals surface area contributed by atoms with E-state index in [2.05, 4.69) is 0 Å². The number of esters is 2. The smallest absolute Gasteiger partial charge is 0.343 e. The van der Waals surface area contributed by atoms with Gasteiger partial charge in [0.05, 0.1) is 21.9 Å². The first kappa shape index (κ1) is 28.2. The number of ether oxygens (including phenoxy) is 2. The summed E-state index contributed by atoms with van der Waals surface area (Å²) in [5.41, 5.74) is 0.945. The van der Waals surface area contributed by atoms with E-state index in [0.717, 1.165) is 0 Å². The molecule has 0 fully saturated rings. The highest BCUT2D eigenvalue weighted by Crippen LogP contribution is 2.33. The quantitative estimate of drug-likeness (QED) is 0.177. The molecule has 7 aromatic rings. The summed E-state index contributed by atoms with van der Waals surface area (Å²) in [5.74, 6) is -1.95. The molecule has 2 heterocycles. The van der Waals surface area contributed by atoms with Crippen LogP contribution in [-0.4, -0.2) is 11.9 Å². The molecule has 8 nitrogen and oxygen atoms in total. The minimum Gasteiger partial charge on any atom is -0.452 e. The van der Waals surface area contributed by atoms with E-state index >= 15 is 0 Å². The predicted octanol–water partition coefficient (Wildman–Crippen LogP) is 7.67. The molecule has 0 bridgehead atoms. The van der Waals surface area contributed by atoms with Gasteiger partial charge < -0.3 is 18.3 Å². The normalized spacial score (nSPS) is 11.0. The second-order valence-corrected chi connectivity index (χ2v) is 10.3. The maximum absolute atomic E-state index is 13.4. The van der Waals surface area contributed by atoms with Crippen molar-refractivity contribution in [3.8, 4) is 34.1 Å². The summed E-state index contributed by atoms with van der Waals surface area (Å²) in [6, 6.07) is 36.5. The molecule has 0 radical (unpaired) electrons. The van der Waals surface area contributed by atoms with E-state index in [0.29, 0.717) is 22.3 Å². The number of fused-ring (bicyclic) bond motifs is 2. The summed E-state index contributed by atoms with van der Waals surface area (Å²) >= 11 is 0. The summed E-state index contributed by atoms with van der Waals surface area (Å²) in [6.07, 6.45) is 0. The minimum absolute atomic E-state index is 0.0679. The molecule has 7 rings (SSSR count). The SMILES string of the molecule is O=C(Oc1c(-c2ccccc2)oc2ccccc2c1=O)c1ccc(C(=O)Oc2c(-c3ccccc3)oc3ccccc3c2=O)cc1. The van der Waals surface area contributed by atoms with Crippen molar-refractivity contribution in [2.24, 2.45) is 0 Å². The molecule has 0 aliphatic heterocycles. The van der Waals surface area contributed by atoms with Crippen molar-refractivity contribution in [1.82, 2.24) is 0 Å². The Labute approximate surface area is 260 Å². The first-order chi connectivity index (χ1) is 22.5. The number of para-hydroxylation sites is 2. The van der Waals surface area contributed by atoms with Gasteiger partial charge in [-0.1, -0.05) is 84.9 Å². The van der Waals surface area contributed by atoms with Crippen LogP contribution in [0.1, 0.15) is 20.7 Å². The van der Waals surface area contributed by atoms with E-state index < -0.39 is 22.8 Å². The van der Waals surface area contributed by atoms with Crippen molar-refractivity contribution in [2.45, 2.75) is 0 Å². The highest BCUT2D eigenvalue weighted by Gasteiger charge is 2.23. The van der Waals surface area contributed by atoms with Crippen molar-refractivity contribution in [3.05, 3.63) is 165 Å². The van der Waals surface area contributed by atoms with Gasteiger partial charge in [-0.05, 0) is 48.5 Å². The van der Waals surface area contributed by atoms with Crippen LogP contribution in [0.25, 0.3) is 44.6 Å². The van der Waals surface area contributed by atoms with E-state index in [4.69, 9.17) is 18.3 Å². The lowest BCUT2D eigenvalue weighted by molar-refractivity contribution is 0.0717. The molecule has 0 saturated carbocycles. The number of carbonyl (C=O) groups excluding carboxylic acids is 2. The first-order valence-corrected chi connectivity index (χ1v) is 14.2. The first-order valence-electron chi connectivity index (χ1n) is 14.2. The third-order valence-electron chi connectivity index (χ3n) is 7.33. The molecule has 8 heteroatoms. The Bertz CT molecular complexity index is 2200. The Kier molecular flexibility index (Phi) is 7.28. The van der Waals surface area contributed by atoms with Crippen molar-refractivity contribution >= 4 is 33.9 Å². The summed E-state index contributed by atoms with van der Waals surface area (Å²) in [5, 5.41) is 0.521. The number of hydrogen-bond acceptors (Lipinski definition) is 8. The van der Waals surface area contributed by atoms with Crippen LogP contribution in [0.5, 0.6) is 11.5 Å². The van der Waals surface area contributed by atoms with Gasteiger partial charge in [0, 0.05) is 11.1 Å². The van der Waals surface area contributed by atoms with E-state index in [1.54, 1.807) is 97.1 Å². The van der Waals surface area contributed by atoms with Gasteiger partial charge in [0.15, 0.2) is 11.5 Å². The fraction of sp³-hybridized carbons (Fsp3) is 0. The number of rotatable bonds is 6. The topological polar surface area (TPSA) is 113 Å². The van der Waals surface area contributed by atoms with Gasteiger partial charge in [-0.2, -0.15) is 0 Å². The van der Waals surface area contributed by atoms with Crippen LogP contribution in [0.3, 0.4) is 0 Å². The molecule has 0 aliphatic carbocycles. The summed E-state index contributed by atoms with van der Waals surface area (Å²) in [4.78, 5) is 53.3. The highest BCUT2D eigenvalue weighted by molar-refractivity contribution is 5.96. The van der Waals surface area contributed by atoms with Crippen molar-refractivity contribution in [3.63, 3.8) is 0 Å². The Balaban J connectivity index is 1.19. The standard InChI is InChI=1S/C38H22O8/c39-31-27-15-7-9-17-29(27)43-33(23-11-3-1-4-12-23)35(31)45-37(41)25-19-21-26(22-20-25)38(42)46-36-32(40)28-16-8-10-18-30(28)44-34(36)24-13-5-2-6-14-24/h1-22H. The molecule has 0 saturated heterocycles. The number of hydrogen-bond donors (Lipinski definition) is 0. The van der Waals surface area contributed by atoms with Crippen LogP contribution in [0.2, 0.25) is 0 Å². The molecular formula is C38H22O8. The number of benzene rings is 5. The van der Waals surface area contributed by atoms with Gasteiger partial charge in [-0.25, -0.2) is 9.59 Å². The largest absolute Gasteiger partial charge is 0.452 e. The van der Waals surface area contributed by atoms with Gasteiger partial charge >= 0.3 is 11.9 Å². The molecule has 5 aromatic carbocycles. The van der Waals surface area contributed by atoms with Gasteiger partial charge in [0.2, 0.25) is 22.4 Å². The summed E-state index contributed by atoms with van der Waals surface area (Å²) in [6.45, 7) is 0. The molecule has 0 spiro atoms. The van der Waals surface area contributed by atoms with E-state index in [1.165, 1.54) is 24.3 Å². The van der Waals surface area contributed by atoms with Crippen molar-refractivity contribution in [1.29, 1.82) is 0 Å². The zero-order valence-corrected chi connectivity index (χ0v) is 24.0. The van der Waals surface area contributed by atoms with Crippen LogP contribution < -0.4 is 20.3 Å². The molecule has 0 N–H and O–H groups in total. The average Bonchev–Trinajstić information content (AvgIpc) is 3.11. The molecule has 0 amide bonds. The molecular weight excluding hydrogens is 584 g/mol. The monoisotopic (exact) mass is 606 g/mol.